The monoisotopic (exact) mass is 195 g/mol. The van der Waals surface area contributed by atoms with E-state index in [0.717, 1.165) is 0 Å². The summed E-state index contributed by atoms with van der Waals surface area (Å²) >= 11 is 0. The molecule has 0 bridgehead atoms. The van der Waals surface area contributed by atoms with Crippen LogP contribution in [0.5, 0.6) is 0 Å². The highest BCUT2D eigenvalue weighted by atomic mass is 16.1. The maximum absolute atomic E-state index is 9.97. The van der Waals surface area contributed by atoms with Gasteiger partial charge in [0.1, 0.15) is 0 Å². The van der Waals surface area contributed by atoms with Crippen LogP contribution in [-0.4, -0.2) is 37.4 Å². The minimum absolute atomic E-state index is 0.254. The predicted octanol–water partition coefficient (Wildman–Crippen LogP) is 0.143. The van der Waals surface area contributed by atoms with Crippen molar-refractivity contribution in [2.45, 2.75) is 18.9 Å². The van der Waals surface area contributed by atoms with E-state index in [9.17, 15) is 14.4 Å². The first kappa shape index (κ1) is 12.1. The zero-order valence-electron chi connectivity index (χ0n) is 7.47. The smallest absolute Gasteiger partial charge is 0.211 e. The number of hydrogen-bond acceptors (Lipinski definition) is 6. The van der Waals surface area contributed by atoms with E-state index in [1.54, 1.807) is 0 Å². The normalized spacial score (nSPS) is 10.3. The van der Waals surface area contributed by atoms with Gasteiger partial charge in [-0.2, -0.15) is 0 Å². The summed E-state index contributed by atoms with van der Waals surface area (Å²) in [7, 11) is 0. The molecule has 0 radical (unpaired) electrons. The molecule has 0 spiro atoms. The van der Waals surface area contributed by atoms with Crippen molar-refractivity contribution >= 4 is 18.2 Å². The molecule has 0 aliphatic heterocycles. The molecule has 0 fully saturated rings. The molecule has 0 rings (SSSR count). The van der Waals surface area contributed by atoms with Gasteiger partial charge in [0.2, 0.25) is 18.2 Å². The Morgan fingerprint density at radius 3 is 1.71 bits per heavy atom. The number of hydrogen-bond donors (Lipinski definition) is 0. The summed E-state index contributed by atoms with van der Waals surface area (Å²) in [5.74, 6) is 0. The maximum atomic E-state index is 9.97. The van der Waals surface area contributed by atoms with Crippen molar-refractivity contribution in [1.82, 2.24) is 0 Å². The molecule has 0 N–H and O–H groups in total. The molecular formula is C8H9N3O3. The van der Waals surface area contributed by atoms with Gasteiger partial charge in [0.25, 0.3) is 0 Å². The van der Waals surface area contributed by atoms with Crippen LogP contribution >= 0.6 is 0 Å². The van der Waals surface area contributed by atoms with Gasteiger partial charge < -0.3 is 0 Å². The highest BCUT2D eigenvalue weighted by molar-refractivity contribution is 5.34. The Morgan fingerprint density at radius 1 is 0.857 bits per heavy atom. The fourth-order valence-electron chi connectivity index (χ4n) is 0.866. The highest BCUT2D eigenvalue weighted by Crippen LogP contribution is 2.03. The molecule has 0 aliphatic carbocycles. The first-order valence-electron chi connectivity index (χ1n) is 3.99. The minimum Gasteiger partial charge on any atom is -0.211 e. The zero-order valence-corrected chi connectivity index (χ0v) is 7.47. The van der Waals surface area contributed by atoms with Crippen molar-refractivity contribution in [1.29, 1.82) is 0 Å². The molecule has 6 nitrogen and oxygen atoms in total. The molecule has 6 heteroatoms. The van der Waals surface area contributed by atoms with Crippen molar-refractivity contribution in [2.24, 2.45) is 15.0 Å². The Balaban J connectivity index is 3.93. The van der Waals surface area contributed by atoms with E-state index >= 15 is 0 Å². The fraction of sp³-hybridized carbons (Fsp3) is 0.625. The van der Waals surface area contributed by atoms with Crippen LogP contribution in [0.25, 0.3) is 0 Å². The lowest BCUT2D eigenvalue weighted by atomic mass is 10.1. The summed E-state index contributed by atoms with van der Waals surface area (Å²) in [6, 6.07) is -0.304. The molecule has 0 aromatic rings. The van der Waals surface area contributed by atoms with Gasteiger partial charge in [-0.3, -0.25) is 0 Å². The molecular weight excluding hydrogens is 186 g/mol. The first-order chi connectivity index (χ1) is 6.85. The Labute approximate surface area is 80.5 Å². The van der Waals surface area contributed by atoms with Gasteiger partial charge in [-0.1, -0.05) is 0 Å². The summed E-state index contributed by atoms with van der Waals surface area (Å²) < 4.78 is 0. The largest absolute Gasteiger partial charge is 0.235 e. The first-order valence-corrected chi connectivity index (χ1v) is 3.99. The zero-order chi connectivity index (χ0) is 10.6. The summed E-state index contributed by atoms with van der Waals surface area (Å²) in [5, 5.41) is 0. The van der Waals surface area contributed by atoms with E-state index in [0.29, 0.717) is 12.8 Å². The average molecular weight is 195 g/mol. The van der Waals surface area contributed by atoms with Gasteiger partial charge in [-0.15, -0.1) is 0 Å². The summed E-state index contributed by atoms with van der Waals surface area (Å²) in [4.78, 5) is 39.6. The SMILES string of the molecule is O=C=NCCC(CCN=C=O)N=C=O. The summed E-state index contributed by atoms with van der Waals surface area (Å²) in [6.07, 6.45) is 5.07. The molecule has 0 aliphatic rings. The van der Waals surface area contributed by atoms with Gasteiger partial charge in [-0.25, -0.2) is 29.4 Å². The molecule has 0 saturated heterocycles. The quantitative estimate of drug-likeness (QED) is 0.427. The molecule has 0 amide bonds. The molecule has 0 aromatic carbocycles. The molecule has 74 valence electrons. The lowest BCUT2D eigenvalue weighted by Crippen LogP contribution is -2.07. The van der Waals surface area contributed by atoms with Crippen molar-refractivity contribution in [3.63, 3.8) is 0 Å². The van der Waals surface area contributed by atoms with Crippen molar-refractivity contribution < 1.29 is 14.4 Å². The lowest BCUT2D eigenvalue weighted by Gasteiger charge is -2.04. The minimum atomic E-state index is -0.304. The van der Waals surface area contributed by atoms with Gasteiger partial charge in [-0.05, 0) is 12.8 Å². The van der Waals surface area contributed by atoms with Gasteiger partial charge in [0.05, 0.1) is 19.1 Å². The van der Waals surface area contributed by atoms with E-state index in [2.05, 4.69) is 15.0 Å². The Hall–Kier alpha value is -1.86. The lowest BCUT2D eigenvalue weighted by molar-refractivity contribution is 0.536. The molecule has 14 heavy (non-hydrogen) atoms. The summed E-state index contributed by atoms with van der Waals surface area (Å²) in [5.41, 5.74) is 0. The Bertz CT molecular complexity index is 275. The van der Waals surface area contributed by atoms with Crippen LogP contribution in [0.3, 0.4) is 0 Å². The molecule has 0 heterocycles. The maximum Gasteiger partial charge on any atom is 0.235 e. The van der Waals surface area contributed by atoms with Crippen molar-refractivity contribution in [2.75, 3.05) is 13.1 Å². The van der Waals surface area contributed by atoms with Crippen LogP contribution in [0.15, 0.2) is 15.0 Å². The van der Waals surface area contributed by atoms with Crippen LogP contribution in [0.2, 0.25) is 0 Å². The van der Waals surface area contributed by atoms with E-state index in [1.807, 2.05) is 0 Å². The number of rotatable bonds is 7. The highest BCUT2D eigenvalue weighted by Gasteiger charge is 2.05. The fourth-order valence-corrected chi connectivity index (χ4v) is 0.866. The van der Waals surface area contributed by atoms with Crippen LogP contribution in [0.4, 0.5) is 0 Å². The van der Waals surface area contributed by atoms with Gasteiger partial charge in [0, 0.05) is 0 Å². The summed E-state index contributed by atoms with van der Waals surface area (Å²) in [6.45, 7) is 0.508. The number of carbonyl (C=O) groups excluding carboxylic acids is 3. The van der Waals surface area contributed by atoms with E-state index in [1.165, 1.54) is 18.2 Å². The van der Waals surface area contributed by atoms with E-state index in [-0.39, 0.29) is 19.1 Å². The van der Waals surface area contributed by atoms with Gasteiger partial charge >= 0.3 is 0 Å². The average Bonchev–Trinajstić information content (AvgIpc) is 2.18. The Kier molecular flexibility index (Phi) is 8.00. The molecule has 0 saturated carbocycles. The second-order valence-electron chi connectivity index (χ2n) is 2.40. The third kappa shape index (κ3) is 6.83. The predicted molar refractivity (Wildman–Crippen MR) is 47.1 cm³/mol. The molecule has 0 aromatic heterocycles. The van der Waals surface area contributed by atoms with Gasteiger partial charge in [0.15, 0.2) is 0 Å². The van der Waals surface area contributed by atoms with Crippen LogP contribution in [-0.2, 0) is 14.4 Å². The van der Waals surface area contributed by atoms with E-state index in [4.69, 9.17) is 0 Å². The van der Waals surface area contributed by atoms with Crippen LogP contribution < -0.4 is 0 Å². The Morgan fingerprint density at radius 2 is 1.36 bits per heavy atom. The van der Waals surface area contributed by atoms with E-state index < -0.39 is 0 Å². The number of nitrogens with zero attached hydrogens (tertiary/aromatic N) is 3. The third-order valence-electron chi connectivity index (χ3n) is 1.51. The third-order valence-corrected chi connectivity index (χ3v) is 1.51. The van der Waals surface area contributed by atoms with Crippen LogP contribution in [0, 0.1) is 0 Å². The van der Waals surface area contributed by atoms with Crippen molar-refractivity contribution in [3.8, 4) is 0 Å². The number of isocyanates is 3. The van der Waals surface area contributed by atoms with Crippen LogP contribution in [0.1, 0.15) is 12.8 Å². The topological polar surface area (TPSA) is 88.3 Å². The molecule has 0 unspecified atom stereocenters. The number of aliphatic imine (C=N–C) groups is 3. The van der Waals surface area contributed by atoms with Crippen molar-refractivity contribution in [3.05, 3.63) is 0 Å². The molecule has 0 atom stereocenters. The standard InChI is InChI=1S/C8H9N3O3/c12-5-9-3-1-8(11-7-14)2-4-10-6-13/h8H,1-4H2. The second kappa shape index (κ2) is 9.23. The second-order valence-corrected chi connectivity index (χ2v) is 2.40.